The van der Waals surface area contributed by atoms with Gasteiger partial charge in [0.2, 0.25) is 5.88 Å². The number of nitrogens with one attached hydrogen (secondary N) is 1. The minimum absolute atomic E-state index is 0.563. The van der Waals surface area contributed by atoms with Crippen molar-refractivity contribution in [2.45, 2.75) is 6.92 Å². The molecule has 21 heavy (non-hydrogen) atoms. The van der Waals surface area contributed by atoms with Gasteiger partial charge in [-0.15, -0.1) is 0 Å². The van der Waals surface area contributed by atoms with E-state index in [2.05, 4.69) is 20.3 Å². The first-order valence-corrected chi connectivity index (χ1v) is 6.54. The number of pyridine rings is 1. The molecule has 5 nitrogen and oxygen atoms in total. The van der Waals surface area contributed by atoms with Crippen molar-refractivity contribution in [1.29, 1.82) is 0 Å². The summed E-state index contributed by atoms with van der Waals surface area (Å²) < 4.78 is 5.70. The smallest absolute Gasteiger partial charge is 0.219 e. The molecule has 0 aliphatic rings. The Labute approximate surface area is 122 Å². The van der Waals surface area contributed by atoms with Gasteiger partial charge in [-0.05, 0) is 25.1 Å². The van der Waals surface area contributed by atoms with Crippen LogP contribution in [0.3, 0.4) is 0 Å². The van der Waals surface area contributed by atoms with E-state index in [1.54, 1.807) is 6.20 Å². The molecule has 1 aromatic carbocycles. The van der Waals surface area contributed by atoms with Crippen LogP contribution in [-0.2, 0) is 0 Å². The van der Waals surface area contributed by atoms with Gasteiger partial charge in [0.15, 0.2) is 0 Å². The second-order valence-corrected chi connectivity index (χ2v) is 4.47. The van der Waals surface area contributed by atoms with Crippen LogP contribution >= 0.6 is 0 Å². The van der Waals surface area contributed by atoms with Crippen molar-refractivity contribution in [3.63, 3.8) is 0 Å². The highest BCUT2D eigenvalue weighted by molar-refractivity contribution is 5.58. The molecule has 0 spiro atoms. The number of aromatic nitrogens is 3. The summed E-state index contributed by atoms with van der Waals surface area (Å²) >= 11 is 0. The fraction of sp³-hybridized carbons (Fsp3) is 0.0625. The molecule has 5 heteroatoms. The minimum Gasteiger partial charge on any atom is -0.439 e. The van der Waals surface area contributed by atoms with Crippen LogP contribution in [0.1, 0.15) is 5.69 Å². The standard InChI is InChI=1S/C16H14N4O/c1-12-9-15(19-11-18-12)20-13-5-4-6-14(10-13)21-16-7-2-3-8-17-16/h2-11H,1H3,(H,18,19,20). The Morgan fingerprint density at radius 3 is 2.71 bits per heavy atom. The van der Waals surface area contributed by atoms with E-state index in [1.165, 1.54) is 6.33 Å². The Morgan fingerprint density at radius 2 is 1.90 bits per heavy atom. The first-order chi connectivity index (χ1) is 10.3. The zero-order valence-corrected chi connectivity index (χ0v) is 11.5. The van der Waals surface area contributed by atoms with Gasteiger partial charge in [-0.3, -0.25) is 0 Å². The predicted molar refractivity (Wildman–Crippen MR) is 80.8 cm³/mol. The first kappa shape index (κ1) is 13.1. The maximum absolute atomic E-state index is 5.70. The molecule has 104 valence electrons. The van der Waals surface area contributed by atoms with Crippen LogP contribution < -0.4 is 10.1 Å². The Kier molecular flexibility index (Phi) is 3.73. The lowest BCUT2D eigenvalue weighted by molar-refractivity contribution is 0.463. The van der Waals surface area contributed by atoms with Gasteiger partial charge >= 0.3 is 0 Å². The van der Waals surface area contributed by atoms with Crippen molar-refractivity contribution in [3.8, 4) is 11.6 Å². The molecule has 0 aliphatic carbocycles. The minimum atomic E-state index is 0.563. The van der Waals surface area contributed by atoms with Crippen LogP contribution in [-0.4, -0.2) is 15.0 Å². The van der Waals surface area contributed by atoms with Gasteiger partial charge < -0.3 is 10.1 Å². The SMILES string of the molecule is Cc1cc(Nc2cccc(Oc3ccccn3)c2)ncn1. The van der Waals surface area contributed by atoms with Crippen molar-refractivity contribution >= 4 is 11.5 Å². The third kappa shape index (κ3) is 3.54. The predicted octanol–water partition coefficient (Wildman–Crippen LogP) is 3.72. The van der Waals surface area contributed by atoms with Crippen LogP contribution in [0.2, 0.25) is 0 Å². The van der Waals surface area contributed by atoms with E-state index in [4.69, 9.17) is 4.74 Å². The average Bonchev–Trinajstić information content (AvgIpc) is 2.49. The van der Waals surface area contributed by atoms with E-state index in [1.807, 2.05) is 55.5 Å². The molecule has 2 aromatic heterocycles. The Bertz CT molecular complexity index is 731. The molecular weight excluding hydrogens is 264 g/mol. The van der Waals surface area contributed by atoms with Gasteiger partial charge in [0.1, 0.15) is 17.9 Å². The number of benzene rings is 1. The summed E-state index contributed by atoms with van der Waals surface area (Å²) in [5.74, 6) is 2.02. The number of hydrogen-bond donors (Lipinski definition) is 1. The van der Waals surface area contributed by atoms with Crippen molar-refractivity contribution in [1.82, 2.24) is 15.0 Å². The van der Waals surface area contributed by atoms with Gasteiger partial charge in [-0.2, -0.15) is 0 Å². The van der Waals surface area contributed by atoms with Gasteiger partial charge in [0.25, 0.3) is 0 Å². The molecule has 0 saturated heterocycles. The van der Waals surface area contributed by atoms with Crippen LogP contribution in [0.5, 0.6) is 11.6 Å². The summed E-state index contributed by atoms with van der Waals surface area (Å²) in [6, 6.07) is 15.1. The van der Waals surface area contributed by atoms with Crippen molar-refractivity contribution in [3.05, 3.63) is 66.7 Å². The quantitative estimate of drug-likeness (QED) is 0.788. The molecule has 3 rings (SSSR count). The Morgan fingerprint density at radius 1 is 0.952 bits per heavy atom. The van der Waals surface area contributed by atoms with Crippen LogP contribution in [0.15, 0.2) is 61.1 Å². The number of rotatable bonds is 4. The van der Waals surface area contributed by atoms with E-state index in [9.17, 15) is 0 Å². The molecule has 0 unspecified atom stereocenters. The maximum atomic E-state index is 5.70. The number of anilines is 2. The molecule has 0 atom stereocenters. The summed E-state index contributed by atoms with van der Waals surface area (Å²) in [7, 11) is 0. The average molecular weight is 278 g/mol. The zero-order valence-electron chi connectivity index (χ0n) is 11.5. The van der Waals surface area contributed by atoms with Gasteiger partial charge in [0, 0.05) is 35.8 Å². The number of ether oxygens (including phenoxy) is 1. The summed E-state index contributed by atoms with van der Waals surface area (Å²) in [6.45, 7) is 1.92. The lowest BCUT2D eigenvalue weighted by Crippen LogP contribution is -1.95. The molecule has 0 fully saturated rings. The molecule has 0 bridgehead atoms. The highest BCUT2D eigenvalue weighted by Crippen LogP contribution is 2.24. The van der Waals surface area contributed by atoms with E-state index in [-0.39, 0.29) is 0 Å². The van der Waals surface area contributed by atoms with Crippen molar-refractivity contribution < 1.29 is 4.74 Å². The van der Waals surface area contributed by atoms with E-state index < -0.39 is 0 Å². The maximum Gasteiger partial charge on any atom is 0.219 e. The van der Waals surface area contributed by atoms with E-state index in [0.717, 1.165) is 17.2 Å². The van der Waals surface area contributed by atoms with Crippen molar-refractivity contribution in [2.24, 2.45) is 0 Å². The van der Waals surface area contributed by atoms with E-state index >= 15 is 0 Å². The van der Waals surface area contributed by atoms with E-state index in [0.29, 0.717) is 11.6 Å². The molecule has 0 aliphatic heterocycles. The molecule has 0 saturated carbocycles. The third-order valence-electron chi connectivity index (χ3n) is 2.77. The van der Waals surface area contributed by atoms with Crippen molar-refractivity contribution in [2.75, 3.05) is 5.32 Å². The van der Waals surface area contributed by atoms with Gasteiger partial charge in [-0.25, -0.2) is 15.0 Å². The van der Waals surface area contributed by atoms with Crippen LogP contribution in [0, 0.1) is 6.92 Å². The highest BCUT2D eigenvalue weighted by atomic mass is 16.5. The lowest BCUT2D eigenvalue weighted by atomic mass is 10.3. The normalized spacial score (nSPS) is 10.1. The zero-order chi connectivity index (χ0) is 14.5. The lowest BCUT2D eigenvalue weighted by Gasteiger charge is -2.08. The Balaban J connectivity index is 1.77. The third-order valence-corrected chi connectivity index (χ3v) is 2.77. The second-order valence-electron chi connectivity index (χ2n) is 4.47. The molecular formula is C16H14N4O. The fourth-order valence-corrected chi connectivity index (χ4v) is 1.84. The monoisotopic (exact) mass is 278 g/mol. The summed E-state index contributed by atoms with van der Waals surface area (Å²) in [5.41, 5.74) is 1.80. The molecule has 0 radical (unpaired) electrons. The number of aryl methyl sites for hydroxylation is 1. The molecule has 1 N–H and O–H groups in total. The largest absolute Gasteiger partial charge is 0.439 e. The summed E-state index contributed by atoms with van der Waals surface area (Å²) in [4.78, 5) is 12.4. The first-order valence-electron chi connectivity index (χ1n) is 6.54. The number of hydrogen-bond acceptors (Lipinski definition) is 5. The second kappa shape index (κ2) is 6.00. The number of nitrogens with zero attached hydrogens (tertiary/aromatic N) is 3. The topological polar surface area (TPSA) is 59.9 Å². The highest BCUT2D eigenvalue weighted by Gasteiger charge is 2.01. The molecule has 0 amide bonds. The fourth-order valence-electron chi connectivity index (χ4n) is 1.84. The molecule has 2 heterocycles. The van der Waals surface area contributed by atoms with Crippen LogP contribution in [0.25, 0.3) is 0 Å². The molecule has 3 aromatic rings. The van der Waals surface area contributed by atoms with Crippen LogP contribution in [0.4, 0.5) is 11.5 Å². The summed E-state index contributed by atoms with van der Waals surface area (Å²) in [5, 5.41) is 3.22. The van der Waals surface area contributed by atoms with Gasteiger partial charge in [0.05, 0.1) is 0 Å². The Hall–Kier alpha value is -2.95. The van der Waals surface area contributed by atoms with Gasteiger partial charge in [-0.1, -0.05) is 12.1 Å². The summed E-state index contributed by atoms with van der Waals surface area (Å²) in [6.07, 6.45) is 3.23.